The second-order valence-electron chi connectivity index (χ2n) is 7.19. The highest BCUT2D eigenvalue weighted by Crippen LogP contribution is 2.21. The van der Waals surface area contributed by atoms with Crippen molar-refractivity contribution in [3.05, 3.63) is 60.6 Å². The second kappa shape index (κ2) is 7.86. The van der Waals surface area contributed by atoms with E-state index in [-0.39, 0.29) is 5.95 Å². The first-order valence-corrected chi connectivity index (χ1v) is 9.97. The average Bonchev–Trinajstić information content (AvgIpc) is 3.21. The minimum Gasteiger partial charge on any atom is -0.368 e. The molecular weight excluding hydrogens is 378 g/mol. The molecule has 4 heterocycles. The predicted octanol–water partition coefficient (Wildman–Crippen LogP) is 2.27. The van der Waals surface area contributed by atoms with Crippen LogP contribution in [0.2, 0.25) is 0 Å². The Hall–Kier alpha value is -3.88. The van der Waals surface area contributed by atoms with Crippen molar-refractivity contribution < 1.29 is 0 Å². The maximum absolute atomic E-state index is 5.98. The lowest BCUT2D eigenvalue weighted by Crippen LogP contribution is -2.47. The highest BCUT2D eigenvalue weighted by molar-refractivity contribution is 5.74. The van der Waals surface area contributed by atoms with Crippen molar-refractivity contribution in [2.45, 2.75) is 6.54 Å². The van der Waals surface area contributed by atoms with Gasteiger partial charge in [-0.25, -0.2) is 9.97 Å². The lowest BCUT2D eigenvalue weighted by atomic mass is 10.3. The number of nitrogens with two attached hydrogens (primary N) is 1. The molecule has 0 saturated carbocycles. The summed E-state index contributed by atoms with van der Waals surface area (Å²) in [6.07, 6.45) is 1.83. The van der Waals surface area contributed by atoms with Gasteiger partial charge in [0.25, 0.3) is 0 Å². The van der Waals surface area contributed by atoms with Gasteiger partial charge in [-0.15, -0.1) is 0 Å². The summed E-state index contributed by atoms with van der Waals surface area (Å²) in [5.41, 5.74) is 7.95. The molecule has 1 fully saturated rings. The molecule has 1 aliphatic heterocycles. The number of nitrogen functional groups attached to an aromatic ring is 1. The fourth-order valence-corrected chi connectivity index (χ4v) is 3.67. The van der Waals surface area contributed by atoms with Gasteiger partial charge < -0.3 is 25.8 Å². The van der Waals surface area contributed by atoms with E-state index in [9.17, 15) is 0 Å². The highest BCUT2D eigenvalue weighted by Gasteiger charge is 2.20. The van der Waals surface area contributed by atoms with Crippen LogP contribution in [0.25, 0.3) is 11.0 Å². The molecule has 4 N–H and O–H groups in total. The smallest absolute Gasteiger partial charge is 0.223 e. The molecule has 30 heavy (non-hydrogen) atoms. The van der Waals surface area contributed by atoms with Crippen LogP contribution < -0.4 is 20.9 Å². The summed E-state index contributed by atoms with van der Waals surface area (Å²) in [4.78, 5) is 25.6. The summed E-state index contributed by atoms with van der Waals surface area (Å²) < 4.78 is 0. The Kier molecular flexibility index (Phi) is 4.76. The van der Waals surface area contributed by atoms with Crippen LogP contribution in [0.15, 0.2) is 54.7 Å². The Morgan fingerprint density at radius 2 is 1.67 bits per heavy atom. The molecule has 1 aromatic carbocycles. The van der Waals surface area contributed by atoms with E-state index in [1.54, 1.807) is 0 Å². The van der Waals surface area contributed by atoms with Gasteiger partial charge in [0.1, 0.15) is 23.3 Å². The first-order valence-electron chi connectivity index (χ1n) is 9.97. The Balaban J connectivity index is 1.25. The molecule has 0 spiro atoms. The van der Waals surface area contributed by atoms with E-state index >= 15 is 0 Å². The van der Waals surface area contributed by atoms with Crippen molar-refractivity contribution in [2.24, 2.45) is 0 Å². The minimum absolute atomic E-state index is 0.256. The van der Waals surface area contributed by atoms with Crippen LogP contribution in [0.5, 0.6) is 0 Å². The molecule has 0 unspecified atom stereocenters. The molecule has 9 heteroatoms. The van der Waals surface area contributed by atoms with Gasteiger partial charge in [0.15, 0.2) is 0 Å². The van der Waals surface area contributed by atoms with Crippen LogP contribution in [-0.4, -0.2) is 51.1 Å². The molecule has 3 aromatic heterocycles. The molecule has 5 rings (SSSR count). The Morgan fingerprint density at radius 3 is 2.43 bits per heavy atom. The number of nitrogens with one attached hydrogen (secondary N) is 2. The normalized spacial score (nSPS) is 14.3. The molecule has 0 atom stereocenters. The molecule has 1 aliphatic rings. The second-order valence-corrected chi connectivity index (χ2v) is 7.19. The molecule has 152 valence electrons. The van der Waals surface area contributed by atoms with Gasteiger partial charge in [0, 0.05) is 38.4 Å². The zero-order chi connectivity index (χ0) is 20.3. The van der Waals surface area contributed by atoms with E-state index in [1.165, 1.54) is 0 Å². The number of piperazine rings is 1. The summed E-state index contributed by atoms with van der Waals surface area (Å²) in [5, 5.41) is 3.30. The molecule has 0 radical (unpaired) electrons. The zero-order valence-electron chi connectivity index (χ0n) is 16.5. The highest BCUT2D eigenvalue weighted by atomic mass is 15.3. The third-order valence-corrected chi connectivity index (χ3v) is 5.18. The van der Waals surface area contributed by atoms with Gasteiger partial charge in [-0.1, -0.05) is 18.2 Å². The summed E-state index contributed by atoms with van der Waals surface area (Å²) in [5.74, 6) is 3.62. The van der Waals surface area contributed by atoms with Crippen molar-refractivity contribution in [1.29, 1.82) is 0 Å². The number of rotatable bonds is 5. The number of aromatic amines is 1. The molecule has 4 aromatic rings. The van der Waals surface area contributed by atoms with Crippen LogP contribution in [0.3, 0.4) is 0 Å². The van der Waals surface area contributed by atoms with Crippen molar-refractivity contribution in [2.75, 3.05) is 47.0 Å². The number of H-pyrrole nitrogens is 1. The minimum atomic E-state index is 0.256. The van der Waals surface area contributed by atoms with Gasteiger partial charge in [-0.2, -0.15) is 9.97 Å². The molecule has 0 aliphatic carbocycles. The van der Waals surface area contributed by atoms with Crippen molar-refractivity contribution in [3.63, 3.8) is 0 Å². The maximum Gasteiger partial charge on any atom is 0.223 e. The summed E-state index contributed by atoms with van der Waals surface area (Å²) in [7, 11) is 0. The number of fused-ring (bicyclic) bond motifs is 1. The maximum atomic E-state index is 5.98. The number of hydrogen-bond acceptors (Lipinski definition) is 8. The monoisotopic (exact) mass is 401 g/mol. The van der Waals surface area contributed by atoms with Crippen molar-refractivity contribution >= 4 is 34.4 Å². The topological polar surface area (TPSA) is 112 Å². The first-order chi connectivity index (χ1) is 14.7. The summed E-state index contributed by atoms with van der Waals surface area (Å²) in [6.45, 7) is 3.97. The van der Waals surface area contributed by atoms with Crippen LogP contribution in [-0.2, 0) is 6.54 Å². The largest absolute Gasteiger partial charge is 0.368 e. The van der Waals surface area contributed by atoms with Gasteiger partial charge in [-0.3, -0.25) is 0 Å². The molecule has 0 amide bonds. The van der Waals surface area contributed by atoms with E-state index in [1.807, 2.05) is 54.7 Å². The number of benzene rings is 1. The third kappa shape index (κ3) is 3.82. The van der Waals surface area contributed by atoms with E-state index in [2.05, 4.69) is 40.0 Å². The number of imidazole rings is 1. The quantitative estimate of drug-likeness (QED) is 0.467. The predicted molar refractivity (Wildman–Crippen MR) is 119 cm³/mol. The Bertz CT molecular complexity index is 1100. The fourth-order valence-electron chi connectivity index (χ4n) is 3.67. The van der Waals surface area contributed by atoms with Gasteiger partial charge in [0.2, 0.25) is 5.95 Å². The number of pyridine rings is 1. The van der Waals surface area contributed by atoms with Crippen LogP contribution in [0, 0.1) is 0 Å². The van der Waals surface area contributed by atoms with E-state index in [4.69, 9.17) is 5.73 Å². The number of aromatic nitrogens is 5. The first kappa shape index (κ1) is 18.2. The molecule has 9 nitrogen and oxygen atoms in total. The summed E-state index contributed by atoms with van der Waals surface area (Å²) in [6, 6.07) is 15.9. The zero-order valence-corrected chi connectivity index (χ0v) is 16.5. The van der Waals surface area contributed by atoms with Gasteiger partial charge in [0.05, 0.1) is 17.6 Å². The number of nitrogens with zero attached hydrogens (tertiary/aromatic N) is 6. The number of anilines is 4. The fraction of sp³-hybridized carbons (Fsp3) is 0.238. The number of hydrogen-bond donors (Lipinski definition) is 3. The molecular formula is C21H23N9. The SMILES string of the molecule is Nc1nc(NCc2nc3ccccc3[nH]2)cc(N2CCN(c3ccccn3)CC2)n1. The van der Waals surface area contributed by atoms with Crippen molar-refractivity contribution in [1.82, 2.24) is 24.9 Å². The van der Waals surface area contributed by atoms with E-state index in [0.717, 1.165) is 54.7 Å². The Labute approximate surface area is 174 Å². The lowest BCUT2D eigenvalue weighted by Gasteiger charge is -2.36. The van der Waals surface area contributed by atoms with E-state index < -0.39 is 0 Å². The summed E-state index contributed by atoms with van der Waals surface area (Å²) >= 11 is 0. The molecule has 0 bridgehead atoms. The van der Waals surface area contributed by atoms with Crippen LogP contribution in [0.4, 0.5) is 23.4 Å². The number of para-hydroxylation sites is 2. The lowest BCUT2D eigenvalue weighted by molar-refractivity contribution is 0.641. The Morgan fingerprint density at radius 1 is 0.900 bits per heavy atom. The van der Waals surface area contributed by atoms with Gasteiger partial charge in [-0.05, 0) is 24.3 Å². The molecule has 1 saturated heterocycles. The van der Waals surface area contributed by atoms with Gasteiger partial charge >= 0.3 is 0 Å². The van der Waals surface area contributed by atoms with Crippen LogP contribution in [0.1, 0.15) is 5.82 Å². The van der Waals surface area contributed by atoms with Crippen molar-refractivity contribution in [3.8, 4) is 0 Å². The standard InChI is InChI=1S/C21H23N9/c22-21-27-17(24-14-18-25-15-5-1-2-6-16(15)26-18)13-20(28-21)30-11-9-29(10-12-30)19-7-3-4-8-23-19/h1-8,13H,9-12,14H2,(H,25,26)(H3,22,24,27,28). The average molecular weight is 401 g/mol. The third-order valence-electron chi connectivity index (χ3n) is 5.18. The van der Waals surface area contributed by atoms with Crippen LogP contribution >= 0.6 is 0 Å². The van der Waals surface area contributed by atoms with E-state index in [0.29, 0.717) is 12.4 Å².